The number of halogens is 3. The first-order valence-corrected chi connectivity index (χ1v) is 9.84. The summed E-state index contributed by atoms with van der Waals surface area (Å²) in [5.74, 6) is -1.85. The van der Waals surface area contributed by atoms with Gasteiger partial charge in [-0.25, -0.2) is 0 Å². The molecule has 0 aliphatic heterocycles. The number of alkyl halides is 3. The molecule has 0 saturated heterocycles. The number of hydrogen-bond donors (Lipinski definition) is 3. The number of carbonyl (C=O) groups is 3. The van der Waals surface area contributed by atoms with E-state index in [1.54, 1.807) is 16.8 Å². The summed E-state index contributed by atoms with van der Waals surface area (Å²) in [6.07, 6.45) is -3.73. The quantitative estimate of drug-likeness (QED) is 0.497. The number of amides is 3. The Kier molecular flexibility index (Phi) is 6.75. The van der Waals surface area contributed by atoms with Crippen LogP contribution in [0.5, 0.6) is 0 Å². The van der Waals surface area contributed by atoms with E-state index in [4.69, 9.17) is 4.42 Å². The zero-order valence-electron chi connectivity index (χ0n) is 15.8. The van der Waals surface area contributed by atoms with Crippen LogP contribution in [-0.4, -0.2) is 24.3 Å². The molecule has 2 aromatic heterocycles. The fourth-order valence-corrected chi connectivity index (χ4v) is 3.20. The zero-order valence-corrected chi connectivity index (χ0v) is 16.6. The molecule has 31 heavy (non-hydrogen) atoms. The zero-order chi connectivity index (χ0) is 22.4. The molecule has 1 aromatic carbocycles. The molecule has 11 heteroatoms. The highest BCUT2D eigenvalue weighted by molar-refractivity contribution is 7.08. The van der Waals surface area contributed by atoms with Gasteiger partial charge < -0.3 is 20.4 Å². The average Bonchev–Trinajstić information content (AvgIpc) is 3.42. The number of rotatable bonds is 7. The molecular weight excluding hydrogens is 435 g/mol. The Balaban J connectivity index is 1.63. The molecule has 0 bridgehead atoms. The summed E-state index contributed by atoms with van der Waals surface area (Å²) in [7, 11) is 0. The van der Waals surface area contributed by atoms with E-state index in [1.165, 1.54) is 35.8 Å². The van der Waals surface area contributed by atoms with E-state index in [-0.39, 0.29) is 30.3 Å². The predicted octanol–water partition coefficient (Wildman–Crippen LogP) is 4.37. The van der Waals surface area contributed by atoms with Crippen molar-refractivity contribution in [2.75, 3.05) is 17.2 Å². The number of nitrogens with one attached hydrogen (secondary N) is 3. The largest absolute Gasteiger partial charge is 0.459 e. The van der Waals surface area contributed by atoms with Crippen molar-refractivity contribution >= 4 is 40.4 Å². The summed E-state index contributed by atoms with van der Waals surface area (Å²) in [4.78, 5) is 35.9. The second-order valence-corrected chi connectivity index (χ2v) is 7.04. The van der Waals surface area contributed by atoms with Crippen molar-refractivity contribution in [3.63, 3.8) is 0 Å². The molecule has 0 saturated carbocycles. The van der Waals surface area contributed by atoms with E-state index in [0.717, 1.165) is 12.1 Å². The highest BCUT2D eigenvalue weighted by Gasteiger charge is 2.34. The number of benzene rings is 1. The molecule has 0 aliphatic rings. The first kappa shape index (κ1) is 22.1. The lowest BCUT2D eigenvalue weighted by atomic mass is 10.1. The van der Waals surface area contributed by atoms with Gasteiger partial charge in [0.1, 0.15) is 0 Å². The first-order valence-electron chi connectivity index (χ1n) is 8.90. The van der Waals surface area contributed by atoms with Gasteiger partial charge in [-0.05, 0) is 41.8 Å². The van der Waals surface area contributed by atoms with Crippen LogP contribution in [0.25, 0.3) is 0 Å². The van der Waals surface area contributed by atoms with Gasteiger partial charge in [-0.3, -0.25) is 14.4 Å². The molecule has 3 rings (SSSR count). The smallest absolute Gasteiger partial charge is 0.418 e. The van der Waals surface area contributed by atoms with Crippen LogP contribution >= 0.6 is 11.3 Å². The molecule has 0 fully saturated rings. The number of furan rings is 1. The predicted molar refractivity (Wildman–Crippen MR) is 108 cm³/mol. The Hall–Kier alpha value is -3.60. The molecule has 0 spiro atoms. The van der Waals surface area contributed by atoms with Crippen LogP contribution in [0.15, 0.2) is 57.8 Å². The summed E-state index contributed by atoms with van der Waals surface area (Å²) in [5.41, 5.74) is -1.26. The molecule has 0 aliphatic carbocycles. The minimum atomic E-state index is -4.78. The fraction of sp³-hybridized carbons (Fsp3) is 0.150. The van der Waals surface area contributed by atoms with Crippen LogP contribution in [0.1, 0.15) is 32.9 Å². The lowest BCUT2D eigenvalue weighted by Gasteiger charge is -2.16. The Labute approximate surface area is 178 Å². The molecule has 0 atom stereocenters. The Bertz CT molecular complexity index is 1060. The van der Waals surface area contributed by atoms with Crippen molar-refractivity contribution in [1.29, 1.82) is 0 Å². The molecule has 3 amide bonds. The third kappa shape index (κ3) is 5.95. The van der Waals surface area contributed by atoms with Crippen molar-refractivity contribution in [1.82, 2.24) is 5.32 Å². The van der Waals surface area contributed by atoms with Gasteiger partial charge in [0.25, 0.3) is 11.8 Å². The number of hydrogen-bond acceptors (Lipinski definition) is 5. The molecule has 3 N–H and O–H groups in total. The van der Waals surface area contributed by atoms with Crippen LogP contribution in [0, 0.1) is 0 Å². The van der Waals surface area contributed by atoms with Crippen LogP contribution in [0.2, 0.25) is 0 Å². The lowest BCUT2D eigenvalue weighted by Crippen LogP contribution is -2.27. The summed E-state index contributed by atoms with van der Waals surface area (Å²) >= 11 is 1.34. The SMILES string of the molecule is O=C(CCNC(=O)c1ccsc1)Nc1ccc(NC(=O)c2ccco2)cc1C(F)(F)F. The van der Waals surface area contributed by atoms with Crippen LogP contribution in [-0.2, 0) is 11.0 Å². The van der Waals surface area contributed by atoms with E-state index >= 15 is 0 Å². The van der Waals surface area contributed by atoms with Crippen molar-refractivity contribution in [2.45, 2.75) is 12.6 Å². The number of anilines is 2. The average molecular weight is 451 g/mol. The van der Waals surface area contributed by atoms with Gasteiger partial charge in [-0.1, -0.05) is 0 Å². The summed E-state index contributed by atoms with van der Waals surface area (Å²) in [5, 5.41) is 10.4. The second-order valence-electron chi connectivity index (χ2n) is 6.26. The fourth-order valence-electron chi connectivity index (χ4n) is 2.56. The van der Waals surface area contributed by atoms with Gasteiger partial charge in [-0.2, -0.15) is 24.5 Å². The van der Waals surface area contributed by atoms with Gasteiger partial charge in [0.15, 0.2) is 5.76 Å². The molecule has 162 valence electrons. The van der Waals surface area contributed by atoms with Gasteiger partial charge in [0.2, 0.25) is 5.91 Å². The third-order valence-corrected chi connectivity index (χ3v) is 4.71. The second kappa shape index (κ2) is 9.47. The van der Waals surface area contributed by atoms with E-state index in [9.17, 15) is 27.6 Å². The highest BCUT2D eigenvalue weighted by atomic mass is 32.1. The molecule has 2 heterocycles. The summed E-state index contributed by atoms with van der Waals surface area (Å²) in [6, 6.07) is 7.44. The molecule has 3 aromatic rings. The molecular formula is C20H16F3N3O4S. The van der Waals surface area contributed by atoms with Crippen molar-refractivity contribution in [2.24, 2.45) is 0 Å². The maximum atomic E-state index is 13.5. The van der Waals surface area contributed by atoms with Gasteiger partial charge in [0.05, 0.1) is 17.5 Å². The lowest BCUT2D eigenvalue weighted by molar-refractivity contribution is -0.136. The van der Waals surface area contributed by atoms with Crippen LogP contribution in [0.3, 0.4) is 0 Å². The molecule has 0 radical (unpaired) electrons. The Morgan fingerprint density at radius 3 is 2.48 bits per heavy atom. The third-order valence-electron chi connectivity index (χ3n) is 4.02. The van der Waals surface area contributed by atoms with Gasteiger partial charge >= 0.3 is 6.18 Å². The van der Waals surface area contributed by atoms with E-state index in [0.29, 0.717) is 5.56 Å². The maximum Gasteiger partial charge on any atom is 0.418 e. The van der Waals surface area contributed by atoms with Crippen molar-refractivity contribution in [3.05, 3.63) is 70.3 Å². The monoisotopic (exact) mass is 451 g/mol. The maximum absolute atomic E-state index is 13.5. The normalized spacial score (nSPS) is 11.1. The van der Waals surface area contributed by atoms with E-state index in [1.807, 2.05) is 0 Å². The summed E-state index contributed by atoms with van der Waals surface area (Å²) < 4.78 is 45.3. The van der Waals surface area contributed by atoms with Gasteiger partial charge in [-0.15, -0.1) is 0 Å². The highest BCUT2D eigenvalue weighted by Crippen LogP contribution is 2.36. The number of thiophene rings is 1. The number of carbonyl (C=O) groups excluding carboxylic acids is 3. The van der Waals surface area contributed by atoms with Gasteiger partial charge in [0, 0.05) is 29.6 Å². The van der Waals surface area contributed by atoms with Crippen LogP contribution in [0.4, 0.5) is 24.5 Å². The van der Waals surface area contributed by atoms with Crippen LogP contribution < -0.4 is 16.0 Å². The Morgan fingerprint density at radius 1 is 1.03 bits per heavy atom. The Morgan fingerprint density at radius 2 is 1.84 bits per heavy atom. The van der Waals surface area contributed by atoms with E-state index in [2.05, 4.69) is 16.0 Å². The molecule has 7 nitrogen and oxygen atoms in total. The first-order chi connectivity index (χ1) is 14.7. The topological polar surface area (TPSA) is 100 Å². The standard InChI is InChI=1S/C20H16F3N3O4S/c21-20(22,23)14-10-13(25-19(29)16-2-1-8-30-16)3-4-15(14)26-17(27)5-7-24-18(28)12-6-9-31-11-12/h1-4,6,8-11H,5,7H2,(H,24,28)(H,25,29)(H,26,27). The summed E-state index contributed by atoms with van der Waals surface area (Å²) in [6.45, 7) is -0.0425. The van der Waals surface area contributed by atoms with Crippen molar-refractivity contribution < 1.29 is 32.0 Å². The van der Waals surface area contributed by atoms with E-state index < -0.39 is 29.2 Å². The minimum Gasteiger partial charge on any atom is -0.459 e. The van der Waals surface area contributed by atoms with Crippen molar-refractivity contribution in [3.8, 4) is 0 Å². The minimum absolute atomic E-state index is 0.0425. The molecule has 0 unspecified atom stereocenters.